The van der Waals surface area contributed by atoms with E-state index in [0.717, 1.165) is 64.7 Å². The van der Waals surface area contributed by atoms with Gasteiger partial charge in [-0.25, -0.2) is 0 Å². The van der Waals surface area contributed by atoms with Gasteiger partial charge in [0.15, 0.2) is 0 Å². The molecule has 7 nitrogen and oxygen atoms in total. The molecule has 44 heavy (non-hydrogen) atoms. The van der Waals surface area contributed by atoms with E-state index in [1.807, 2.05) is 78.9 Å². The van der Waals surface area contributed by atoms with Crippen molar-refractivity contribution in [1.29, 1.82) is 0 Å². The predicted octanol–water partition coefficient (Wildman–Crippen LogP) is 7.00. The zero-order valence-corrected chi connectivity index (χ0v) is 26.6. The summed E-state index contributed by atoms with van der Waals surface area (Å²) in [5.74, 6) is 0.417. The zero-order chi connectivity index (χ0) is 31.4. The summed E-state index contributed by atoms with van der Waals surface area (Å²) < 4.78 is 11.1. The Hall–Kier alpha value is -4.10. The van der Waals surface area contributed by atoms with Crippen molar-refractivity contribution in [2.75, 3.05) is 20.8 Å². The second-order valence-electron chi connectivity index (χ2n) is 11.5. The van der Waals surface area contributed by atoms with Gasteiger partial charge in [-0.3, -0.25) is 9.59 Å². The van der Waals surface area contributed by atoms with Gasteiger partial charge in [-0.1, -0.05) is 75.2 Å². The number of para-hydroxylation sites is 1. The molecule has 2 unspecified atom stereocenters. The summed E-state index contributed by atoms with van der Waals surface area (Å²) in [4.78, 5) is 31.8. The fourth-order valence-electron chi connectivity index (χ4n) is 5.91. The van der Waals surface area contributed by atoms with Gasteiger partial charge in [-0.05, 0) is 72.7 Å². The number of amides is 2. The molecule has 1 aromatic heterocycles. The molecule has 2 atom stereocenters. The molecule has 4 aromatic rings. The molecule has 0 spiro atoms. The molecule has 3 aromatic carbocycles. The Morgan fingerprint density at radius 2 is 1.61 bits per heavy atom. The maximum Gasteiger partial charge on any atom is 0.246 e. The van der Waals surface area contributed by atoms with Crippen molar-refractivity contribution in [3.63, 3.8) is 0 Å². The minimum absolute atomic E-state index is 0.00536. The Labute approximate surface area is 261 Å². The lowest BCUT2D eigenvalue weighted by atomic mass is 9.83. The lowest BCUT2D eigenvalue weighted by Gasteiger charge is -2.35. The molecule has 0 saturated heterocycles. The van der Waals surface area contributed by atoms with Crippen LogP contribution in [-0.4, -0.2) is 49.2 Å². The summed E-state index contributed by atoms with van der Waals surface area (Å²) in [5, 5.41) is 7.42. The molecule has 4 rings (SSSR count). The monoisotopic (exact) mass is 597 g/mol. The van der Waals surface area contributed by atoms with E-state index in [9.17, 15) is 9.59 Å². The summed E-state index contributed by atoms with van der Waals surface area (Å²) in [6.07, 6.45) is 5.34. The number of ether oxygens (including phenoxy) is 2. The van der Waals surface area contributed by atoms with Crippen LogP contribution in [0.15, 0.2) is 78.9 Å². The van der Waals surface area contributed by atoms with E-state index < -0.39 is 5.54 Å². The van der Waals surface area contributed by atoms with Crippen molar-refractivity contribution < 1.29 is 19.1 Å². The van der Waals surface area contributed by atoms with Crippen LogP contribution in [0.2, 0.25) is 0 Å². The number of carbonyl (C=O) groups is 2. The minimum Gasteiger partial charge on any atom is -0.497 e. The fourth-order valence-corrected chi connectivity index (χ4v) is 5.91. The minimum atomic E-state index is -1.14. The number of aromatic amines is 1. The van der Waals surface area contributed by atoms with E-state index in [1.165, 1.54) is 0 Å². The molecule has 0 aliphatic heterocycles. The molecule has 0 aliphatic rings. The van der Waals surface area contributed by atoms with Crippen LogP contribution in [0, 0.1) is 0 Å². The molecule has 1 heterocycles. The van der Waals surface area contributed by atoms with Crippen molar-refractivity contribution >= 4 is 22.7 Å². The first-order valence-electron chi connectivity index (χ1n) is 15.8. The second kappa shape index (κ2) is 16.1. The van der Waals surface area contributed by atoms with Gasteiger partial charge in [-0.2, -0.15) is 0 Å². The Bertz CT molecular complexity index is 1480. The van der Waals surface area contributed by atoms with E-state index in [2.05, 4.69) is 29.5 Å². The van der Waals surface area contributed by atoms with Crippen LogP contribution < -0.4 is 15.4 Å². The van der Waals surface area contributed by atoms with Crippen LogP contribution in [0.4, 0.5) is 0 Å². The third-order valence-electron chi connectivity index (χ3n) is 8.34. The number of H-pyrrole nitrogens is 1. The van der Waals surface area contributed by atoms with E-state index in [4.69, 9.17) is 9.47 Å². The highest BCUT2D eigenvalue weighted by atomic mass is 16.5. The predicted molar refractivity (Wildman–Crippen MR) is 178 cm³/mol. The topological polar surface area (TPSA) is 92.5 Å². The molecule has 2 amide bonds. The van der Waals surface area contributed by atoms with Crippen LogP contribution in [0.3, 0.4) is 0 Å². The number of hydrogen-bond donors (Lipinski definition) is 3. The molecule has 0 bridgehead atoms. The standard InChI is InChI=1S/C37H47N3O4/c1-5-7-24-38-36(42)37(23-22-29(43-3)13-6-2,26-27-14-9-8-10-15-27)40-34(41)25-32-31-16-11-12-17-33(31)39-35(32)28-18-20-30(44-4)21-19-28/h8-12,14-21,29,39H,5-7,13,22-26H2,1-4H3,(H,38,42)(H,40,41). The second-order valence-corrected chi connectivity index (χ2v) is 11.5. The first kappa shape index (κ1) is 32.8. The van der Waals surface area contributed by atoms with Crippen LogP contribution in [-0.2, 0) is 27.2 Å². The number of hydrogen-bond acceptors (Lipinski definition) is 4. The van der Waals surface area contributed by atoms with Gasteiger partial charge in [-0.15, -0.1) is 0 Å². The quantitative estimate of drug-likeness (QED) is 0.114. The highest BCUT2D eigenvalue weighted by Crippen LogP contribution is 2.32. The van der Waals surface area contributed by atoms with Crippen molar-refractivity contribution in [3.8, 4) is 17.0 Å². The molecular formula is C37H47N3O4. The van der Waals surface area contributed by atoms with Gasteiger partial charge in [0.25, 0.3) is 0 Å². The molecule has 0 aliphatic carbocycles. The molecule has 234 valence electrons. The third-order valence-corrected chi connectivity index (χ3v) is 8.34. The van der Waals surface area contributed by atoms with Gasteiger partial charge in [0.2, 0.25) is 11.8 Å². The van der Waals surface area contributed by atoms with E-state index in [1.54, 1.807) is 14.2 Å². The molecular weight excluding hydrogens is 550 g/mol. The number of aromatic nitrogens is 1. The van der Waals surface area contributed by atoms with Crippen LogP contribution >= 0.6 is 0 Å². The summed E-state index contributed by atoms with van der Waals surface area (Å²) in [5.41, 5.74) is 3.55. The zero-order valence-electron chi connectivity index (χ0n) is 26.6. The smallest absolute Gasteiger partial charge is 0.246 e. The number of carbonyl (C=O) groups excluding carboxylic acids is 2. The SMILES string of the molecule is CCCCNC(=O)C(CCC(CCC)OC)(Cc1ccccc1)NC(=O)Cc1c(-c2ccc(OC)cc2)[nH]c2ccccc12. The van der Waals surface area contributed by atoms with Gasteiger partial charge in [0.1, 0.15) is 11.3 Å². The van der Waals surface area contributed by atoms with Gasteiger partial charge in [0.05, 0.1) is 25.3 Å². The Morgan fingerprint density at radius 1 is 0.886 bits per heavy atom. The summed E-state index contributed by atoms with van der Waals surface area (Å²) in [7, 11) is 3.36. The van der Waals surface area contributed by atoms with Crippen molar-refractivity contribution in [1.82, 2.24) is 15.6 Å². The molecule has 3 N–H and O–H groups in total. The lowest BCUT2D eigenvalue weighted by molar-refractivity contribution is -0.134. The molecule has 7 heteroatoms. The average molecular weight is 598 g/mol. The fraction of sp³-hybridized carbons (Fsp3) is 0.405. The molecule has 0 fully saturated rings. The van der Waals surface area contributed by atoms with Crippen molar-refractivity contribution in [2.24, 2.45) is 0 Å². The van der Waals surface area contributed by atoms with E-state index >= 15 is 0 Å². The molecule has 0 saturated carbocycles. The number of methoxy groups -OCH3 is 2. The van der Waals surface area contributed by atoms with E-state index in [0.29, 0.717) is 25.8 Å². The maximum absolute atomic E-state index is 14.2. The van der Waals surface area contributed by atoms with Gasteiger partial charge >= 0.3 is 0 Å². The number of rotatable bonds is 17. The largest absolute Gasteiger partial charge is 0.497 e. The van der Waals surface area contributed by atoms with E-state index in [-0.39, 0.29) is 24.3 Å². The number of fused-ring (bicyclic) bond motifs is 1. The van der Waals surface area contributed by atoms with Crippen LogP contribution in [0.5, 0.6) is 5.75 Å². The number of nitrogens with one attached hydrogen (secondary N) is 3. The molecule has 0 radical (unpaired) electrons. The summed E-state index contributed by atoms with van der Waals surface area (Å²) in [6.45, 7) is 4.79. The lowest BCUT2D eigenvalue weighted by Crippen LogP contribution is -2.61. The first-order valence-corrected chi connectivity index (χ1v) is 15.8. The van der Waals surface area contributed by atoms with Crippen LogP contribution in [0.1, 0.15) is 63.5 Å². The number of benzene rings is 3. The number of unbranched alkanes of at least 4 members (excludes halogenated alkanes) is 1. The normalized spacial score (nSPS) is 13.3. The summed E-state index contributed by atoms with van der Waals surface area (Å²) in [6, 6.07) is 25.8. The maximum atomic E-state index is 14.2. The average Bonchev–Trinajstić information content (AvgIpc) is 3.41. The Morgan fingerprint density at radius 3 is 2.30 bits per heavy atom. The Balaban J connectivity index is 1.71. The van der Waals surface area contributed by atoms with Crippen molar-refractivity contribution in [2.45, 2.75) is 76.9 Å². The summed E-state index contributed by atoms with van der Waals surface area (Å²) >= 11 is 0. The highest BCUT2D eigenvalue weighted by Gasteiger charge is 2.40. The van der Waals surface area contributed by atoms with Gasteiger partial charge < -0.3 is 25.1 Å². The van der Waals surface area contributed by atoms with Gasteiger partial charge in [0, 0.05) is 31.0 Å². The third kappa shape index (κ3) is 8.29. The van der Waals surface area contributed by atoms with Crippen LogP contribution in [0.25, 0.3) is 22.2 Å². The Kier molecular flexibility index (Phi) is 12.0. The van der Waals surface area contributed by atoms with Crippen molar-refractivity contribution in [3.05, 3.63) is 90.0 Å². The first-order chi connectivity index (χ1) is 21.4. The highest BCUT2D eigenvalue weighted by molar-refractivity contribution is 5.97.